The number of hydrogen-bond donors (Lipinski definition) is 2. The van der Waals surface area contributed by atoms with Gasteiger partial charge in [-0.3, -0.25) is 9.40 Å². The van der Waals surface area contributed by atoms with Gasteiger partial charge in [-0.25, -0.2) is 12.8 Å². The Morgan fingerprint density at radius 2 is 2.16 bits per heavy atom. The lowest BCUT2D eigenvalue weighted by Crippen LogP contribution is -2.14. The van der Waals surface area contributed by atoms with Crippen LogP contribution in [-0.4, -0.2) is 18.2 Å². The molecular weight excluding hydrogens is 295 g/mol. The highest BCUT2D eigenvalue weighted by Crippen LogP contribution is 2.26. The summed E-state index contributed by atoms with van der Waals surface area (Å²) in [4.78, 5) is -0.199. The van der Waals surface area contributed by atoms with Crippen LogP contribution in [0.1, 0.15) is 0 Å². The number of nitrogens with two attached hydrogens (primary N) is 1. The maximum absolute atomic E-state index is 13.1. The van der Waals surface area contributed by atoms with Crippen molar-refractivity contribution in [2.24, 2.45) is 7.05 Å². The van der Waals surface area contributed by atoms with Gasteiger partial charge in [-0.05, 0) is 18.2 Å². The molecule has 0 unspecified atom stereocenters. The lowest BCUT2D eigenvalue weighted by atomic mass is 10.3. The number of nitrogen functional groups attached to an aromatic ring is 1. The van der Waals surface area contributed by atoms with Crippen molar-refractivity contribution in [2.45, 2.75) is 4.90 Å². The first kappa shape index (κ1) is 13.6. The van der Waals surface area contributed by atoms with Gasteiger partial charge in [-0.1, -0.05) is 11.6 Å². The van der Waals surface area contributed by atoms with Gasteiger partial charge in [0.2, 0.25) is 0 Å². The predicted octanol–water partition coefficient (Wildman–Crippen LogP) is 1.60. The zero-order valence-corrected chi connectivity index (χ0v) is 11.3. The molecule has 1 heterocycles. The molecule has 0 aliphatic rings. The standard InChI is InChI=1S/C10H10ClFN4O2S/c1-16-5-9(10(13)14-16)19(17,18)15-8-4-6(12)2-3-7(8)11/h2-5,15H,1H3,(H2,13,14). The van der Waals surface area contributed by atoms with E-state index >= 15 is 0 Å². The van der Waals surface area contributed by atoms with Crippen molar-refractivity contribution in [3.05, 3.63) is 35.2 Å². The summed E-state index contributed by atoms with van der Waals surface area (Å²) in [6.45, 7) is 0. The van der Waals surface area contributed by atoms with Crippen molar-refractivity contribution in [1.82, 2.24) is 9.78 Å². The minimum absolute atomic E-state index is 0.0649. The van der Waals surface area contributed by atoms with Gasteiger partial charge in [0.05, 0.1) is 10.7 Å². The van der Waals surface area contributed by atoms with Crippen molar-refractivity contribution in [1.29, 1.82) is 0 Å². The third kappa shape index (κ3) is 2.79. The van der Waals surface area contributed by atoms with E-state index in [4.69, 9.17) is 17.3 Å². The zero-order chi connectivity index (χ0) is 14.2. The van der Waals surface area contributed by atoms with Crippen LogP contribution in [0.15, 0.2) is 29.3 Å². The Morgan fingerprint density at radius 3 is 2.74 bits per heavy atom. The Bertz CT molecular complexity index is 729. The van der Waals surface area contributed by atoms with Gasteiger partial charge in [-0.2, -0.15) is 5.10 Å². The molecule has 1 aromatic carbocycles. The molecule has 0 fully saturated rings. The van der Waals surface area contributed by atoms with Crippen molar-refractivity contribution >= 4 is 33.1 Å². The molecule has 0 saturated carbocycles. The molecule has 0 radical (unpaired) electrons. The fourth-order valence-corrected chi connectivity index (χ4v) is 2.86. The summed E-state index contributed by atoms with van der Waals surface area (Å²) in [6.07, 6.45) is 1.24. The van der Waals surface area contributed by atoms with Crippen molar-refractivity contribution in [3.63, 3.8) is 0 Å². The average molecular weight is 305 g/mol. The maximum Gasteiger partial charge on any atom is 0.267 e. The van der Waals surface area contributed by atoms with Gasteiger partial charge in [0.1, 0.15) is 10.7 Å². The van der Waals surface area contributed by atoms with Crippen LogP contribution < -0.4 is 10.5 Å². The molecule has 0 spiro atoms. The molecule has 2 aromatic rings. The molecule has 1 aromatic heterocycles. The van der Waals surface area contributed by atoms with E-state index in [1.54, 1.807) is 0 Å². The molecule has 0 saturated heterocycles. The summed E-state index contributed by atoms with van der Waals surface area (Å²) in [7, 11) is -2.44. The first-order chi connectivity index (χ1) is 8.79. The summed E-state index contributed by atoms with van der Waals surface area (Å²) in [6, 6.07) is 3.35. The smallest absolute Gasteiger partial charge is 0.267 e. The molecule has 3 N–H and O–H groups in total. The molecule has 9 heteroatoms. The van der Waals surface area contributed by atoms with Gasteiger partial charge in [0.15, 0.2) is 5.82 Å². The van der Waals surface area contributed by atoms with Crippen LogP contribution in [0, 0.1) is 5.82 Å². The first-order valence-corrected chi connectivity index (χ1v) is 6.93. The highest BCUT2D eigenvalue weighted by atomic mass is 35.5. The molecule has 0 bridgehead atoms. The van der Waals surface area contributed by atoms with Crippen LogP contribution in [0.2, 0.25) is 5.02 Å². The molecule has 0 atom stereocenters. The summed E-state index contributed by atoms with van der Waals surface area (Å²) >= 11 is 5.79. The van der Waals surface area contributed by atoms with E-state index in [9.17, 15) is 12.8 Å². The molecule has 0 amide bonds. The van der Waals surface area contributed by atoms with Crippen LogP contribution in [0.25, 0.3) is 0 Å². The molecule has 19 heavy (non-hydrogen) atoms. The zero-order valence-electron chi connectivity index (χ0n) is 9.76. The summed E-state index contributed by atoms with van der Waals surface area (Å²) in [5.74, 6) is -0.760. The molecule has 2 rings (SSSR count). The summed E-state index contributed by atoms with van der Waals surface area (Å²) < 4.78 is 40.6. The molecule has 102 valence electrons. The van der Waals surface area contributed by atoms with Gasteiger partial charge in [0.25, 0.3) is 10.0 Å². The normalized spacial score (nSPS) is 11.5. The number of nitrogens with zero attached hydrogens (tertiary/aromatic N) is 2. The number of anilines is 2. The second-order valence-electron chi connectivity index (χ2n) is 3.78. The third-order valence-electron chi connectivity index (χ3n) is 2.28. The minimum atomic E-state index is -3.97. The van der Waals surface area contributed by atoms with E-state index in [2.05, 4.69) is 9.82 Å². The van der Waals surface area contributed by atoms with Gasteiger partial charge < -0.3 is 5.73 Å². The number of halogens is 2. The topological polar surface area (TPSA) is 90.0 Å². The maximum atomic E-state index is 13.1. The first-order valence-electron chi connectivity index (χ1n) is 5.06. The van der Waals surface area contributed by atoms with Crippen LogP contribution >= 0.6 is 11.6 Å². The predicted molar refractivity (Wildman–Crippen MR) is 69.8 cm³/mol. The van der Waals surface area contributed by atoms with E-state index in [0.29, 0.717) is 0 Å². The number of aromatic nitrogens is 2. The molecular formula is C10H10ClFN4O2S. The Hall–Kier alpha value is -1.80. The van der Waals surface area contributed by atoms with Gasteiger partial charge in [-0.15, -0.1) is 0 Å². The van der Waals surface area contributed by atoms with Crippen LogP contribution in [0.3, 0.4) is 0 Å². The van der Waals surface area contributed by atoms with Crippen LogP contribution in [0.4, 0.5) is 15.9 Å². The highest BCUT2D eigenvalue weighted by Gasteiger charge is 2.21. The lowest BCUT2D eigenvalue weighted by Gasteiger charge is -2.08. The SMILES string of the molecule is Cn1cc(S(=O)(=O)Nc2cc(F)ccc2Cl)c(N)n1. The Labute approximate surface area is 114 Å². The number of benzene rings is 1. The summed E-state index contributed by atoms with van der Waals surface area (Å²) in [5.41, 5.74) is 5.43. The van der Waals surface area contributed by atoms with Crippen LogP contribution in [-0.2, 0) is 17.1 Å². The second kappa shape index (κ2) is 4.71. The highest BCUT2D eigenvalue weighted by molar-refractivity contribution is 7.92. The largest absolute Gasteiger partial charge is 0.381 e. The molecule has 6 nitrogen and oxygen atoms in total. The third-order valence-corrected chi connectivity index (χ3v) is 4.00. The van der Waals surface area contributed by atoms with Gasteiger partial charge >= 0.3 is 0 Å². The fourth-order valence-electron chi connectivity index (χ4n) is 1.47. The number of sulfonamides is 1. The van der Waals surface area contributed by atoms with Crippen molar-refractivity contribution in [2.75, 3.05) is 10.5 Å². The number of aryl methyl sites for hydroxylation is 1. The second-order valence-corrected chi connectivity index (χ2v) is 5.84. The van der Waals surface area contributed by atoms with Crippen LogP contribution in [0.5, 0.6) is 0 Å². The van der Waals surface area contributed by atoms with E-state index in [-0.39, 0.29) is 21.4 Å². The van der Waals surface area contributed by atoms with E-state index < -0.39 is 15.8 Å². The average Bonchev–Trinajstić information content (AvgIpc) is 2.63. The van der Waals surface area contributed by atoms with E-state index in [1.165, 1.54) is 24.0 Å². The molecule has 0 aliphatic heterocycles. The lowest BCUT2D eigenvalue weighted by molar-refractivity contribution is 0.601. The number of rotatable bonds is 3. The quantitative estimate of drug-likeness (QED) is 0.901. The Kier molecular flexibility index (Phi) is 3.38. The van der Waals surface area contributed by atoms with Gasteiger partial charge in [0, 0.05) is 13.2 Å². The van der Waals surface area contributed by atoms with Crippen molar-refractivity contribution in [3.8, 4) is 0 Å². The fraction of sp³-hybridized carbons (Fsp3) is 0.100. The summed E-state index contributed by atoms with van der Waals surface area (Å²) in [5, 5.41) is 3.80. The van der Waals surface area contributed by atoms with Crippen molar-refractivity contribution < 1.29 is 12.8 Å². The monoisotopic (exact) mass is 304 g/mol. The minimum Gasteiger partial charge on any atom is -0.381 e. The van der Waals surface area contributed by atoms with E-state index in [1.807, 2.05) is 0 Å². The van der Waals surface area contributed by atoms with E-state index in [0.717, 1.165) is 12.1 Å². The number of hydrogen-bond acceptors (Lipinski definition) is 4. The number of nitrogens with one attached hydrogen (secondary N) is 1. The Balaban J connectivity index is 2.42. The Morgan fingerprint density at radius 1 is 1.47 bits per heavy atom. The molecule has 0 aliphatic carbocycles.